The van der Waals surface area contributed by atoms with Crippen molar-refractivity contribution in [1.82, 2.24) is 9.97 Å². The SMILES string of the molecule is Fc1ccccc1N1CCN(c2cncc(CCl)n2)CC1. The van der Waals surface area contributed by atoms with Crippen molar-refractivity contribution in [2.24, 2.45) is 0 Å². The molecule has 0 spiro atoms. The van der Waals surface area contributed by atoms with Gasteiger partial charge in [-0.15, -0.1) is 11.6 Å². The fourth-order valence-electron chi connectivity index (χ4n) is 2.50. The van der Waals surface area contributed by atoms with E-state index in [2.05, 4.69) is 19.8 Å². The van der Waals surface area contributed by atoms with Crippen LogP contribution in [0.5, 0.6) is 0 Å². The highest BCUT2D eigenvalue weighted by molar-refractivity contribution is 6.16. The Morgan fingerprint density at radius 2 is 1.76 bits per heavy atom. The fraction of sp³-hybridized carbons (Fsp3) is 0.333. The molecule has 0 aliphatic carbocycles. The van der Waals surface area contributed by atoms with Crippen molar-refractivity contribution >= 4 is 23.1 Å². The van der Waals surface area contributed by atoms with Gasteiger partial charge in [0.25, 0.3) is 0 Å². The molecule has 0 N–H and O–H groups in total. The van der Waals surface area contributed by atoms with E-state index < -0.39 is 0 Å². The number of piperazine rings is 1. The van der Waals surface area contributed by atoms with Crippen molar-refractivity contribution in [1.29, 1.82) is 0 Å². The number of para-hydroxylation sites is 1. The van der Waals surface area contributed by atoms with Crippen molar-refractivity contribution in [3.05, 3.63) is 48.2 Å². The molecule has 0 radical (unpaired) electrons. The first-order valence-electron chi connectivity index (χ1n) is 6.89. The van der Waals surface area contributed by atoms with Gasteiger partial charge in [0.1, 0.15) is 11.6 Å². The zero-order chi connectivity index (χ0) is 14.7. The average Bonchev–Trinajstić information content (AvgIpc) is 2.56. The smallest absolute Gasteiger partial charge is 0.147 e. The van der Waals surface area contributed by atoms with Crippen molar-refractivity contribution < 1.29 is 4.39 Å². The summed E-state index contributed by atoms with van der Waals surface area (Å²) in [6.07, 6.45) is 3.42. The molecule has 0 atom stereocenters. The minimum atomic E-state index is -0.171. The second-order valence-electron chi connectivity index (χ2n) is 4.93. The Balaban J connectivity index is 1.69. The van der Waals surface area contributed by atoms with Gasteiger partial charge in [-0.05, 0) is 12.1 Å². The number of alkyl halides is 1. The van der Waals surface area contributed by atoms with Crippen LogP contribution in [0, 0.1) is 5.82 Å². The summed E-state index contributed by atoms with van der Waals surface area (Å²) in [6, 6.07) is 6.89. The van der Waals surface area contributed by atoms with Gasteiger partial charge in [0.15, 0.2) is 0 Å². The highest BCUT2D eigenvalue weighted by atomic mass is 35.5. The van der Waals surface area contributed by atoms with Crippen LogP contribution in [0.2, 0.25) is 0 Å². The lowest BCUT2D eigenvalue weighted by Crippen LogP contribution is -2.47. The molecule has 3 rings (SSSR count). The molecule has 21 heavy (non-hydrogen) atoms. The van der Waals surface area contributed by atoms with Gasteiger partial charge in [-0.1, -0.05) is 12.1 Å². The summed E-state index contributed by atoms with van der Waals surface area (Å²) in [5.41, 5.74) is 1.43. The summed E-state index contributed by atoms with van der Waals surface area (Å²) >= 11 is 5.79. The fourth-order valence-corrected chi connectivity index (χ4v) is 2.62. The molecular formula is C15H16ClFN4. The largest absolute Gasteiger partial charge is 0.366 e. The van der Waals surface area contributed by atoms with E-state index in [-0.39, 0.29) is 5.82 Å². The highest BCUT2D eigenvalue weighted by Gasteiger charge is 2.20. The number of benzene rings is 1. The Morgan fingerprint density at radius 1 is 1.05 bits per heavy atom. The number of nitrogens with zero attached hydrogens (tertiary/aromatic N) is 4. The van der Waals surface area contributed by atoms with Gasteiger partial charge >= 0.3 is 0 Å². The third-order valence-electron chi connectivity index (χ3n) is 3.61. The van der Waals surface area contributed by atoms with Gasteiger partial charge in [0.05, 0.1) is 23.5 Å². The Morgan fingerprint density at radius 3 is 2.48 bits per heavy atom. The van der Waals surface area contributed by atoms with E-state index in [9.17, 15) is 4.39 Å². The van der Waals surface area contributed by atoms with Gasteiger partial charge in [-0.2, -0.15) is 0 Å². The lowest BCUT2D eigenvalue weighted by molar-refractivity contribution is 0.595. The first kappa shape index (κ1) is 14.1. The molecule has 2 heterocycles. The summed E-state index contributed by atoms with van der Waals surface area (Å²) < 4.78 is 13.8. The summed E-state index contributed by atoms with van der Waals surface area (Å²) in [6.45, 7) is 3.09. The topological polar surface area (TPSA) is 32.3 Å². The lowest BCUT2D eigenvalue weighted by Gasteiger charge is -2.36. The van der Waals surface area contributed by atoms with Crippen LogP contribution in [-0.2, 0) is 5.88 Å². The third kappa shape index (κ3) is 3.08. The van der Waals surface area contributed by atoms with Crippen LogP contribution in [0.15, 0.2) is 36.7 Å². The zero-order valence-corrected chi connectivity index (χ0v) is 12.3. The molecule has 1 aromatic carbocycles. The van der Waals surface area contributed by atoms with Crippen LogP contribution in [-0.4, -0.2) is 36.1 Å². The maximum absolute atomic E-state index is 13.8. The lowest BCUT2D eigenvalue weighted by atomic mass is 10.2. The molecule has 0 amide bonds. The molecule has 0 unspecified atom stereocenters. The second kappa shape index (κ2) is 6.26. The molecule has 1 fully saturated rings. The predicted molar refractivity (Wildman–Crippen MR) is 82.4 cm³/mol. The van der Waals surface area contributed by atoms with E-state index in [4.69, 9.17) is 11.6 Å². The van der Waals surface area contributed by atoms with E-state index in [0.717, 1.165) is 37.7 Å². The minimum absolute atomic E-state index is 0.171. The normalized spacial score (nSPS) is 15.3. The standard InChI is InChI=1S/C15H16ClFN4/c16-9-12-10-18-11-15(19-12)21-7-5-20(6-8-21)14-4-2-1-3-13(14)17/h1-4,10-11H,5-9H2. The number of rotatable bonds is 3. The predicted octanol–water partition coefficient (Wildman–Crippen LogP) is 2.68. The first-order valence-corrected chi connectivity index (χ1v) is 7.42. The van der Waals surface area contributed by atoms with E-state index in [1.54, 1.807) is 18.5 Å². The third-order valence-corrected chi connectivity index (χ3v) is 3.88. The van der Waals surface area contributed by atoms with Gasteiger partial charge < -0.3 is 9.80 Å². The zero-order valence-electron chi connectivity index (χ0n) is 11.5. The van der Waals surface area contributed by atoms with Crippen LogP contribution < -0.4 is 9.80 Å². The molecular weight excluding hydrogens is 291 g/mol. The maximum Gasteiger partial charge on any atom is 0.147 e. The molecule has 2 aromatic rings. The Labute approximate surface area is 128 Å². The molecule has 0 bridgehead atoms. The van der Waals surface area contributed by atoms with Crippen LogP contribution in [0.3, 0.4) is 0 Å². The van der Waals surface area contributed by atoms with E-state index in [1.807, 2.05) is 12.1 Å². The first-order chi connectivity index (χ1) is 10.3. The van der Waals surface area contributed by atoms with Crippen molar-refractivity contribution in [3.63, 3.8) is 0 Å². The number of hydrogen-bond donors (Lipinski definition) is 0. The Hall–Kier alpha value is -1.88. The quantitative estimate of drug-likeness (QED) is 0.816. The van der Waals surface area contributed by atoms with Crippen LogP contribution in [0.25, 0.3) is 0 Å². The summed E-state index contributed by atoms with van der Waals surface area (Å²) in [4.78, 5) is 12.8. The van der Waals surface area contributed by atoms with Crippen molar-refractivity contribution in [3.8, 4) is 0 Å². The van der Waals surface area contributed by atoms with Gasteiger partial charge in [-0.25, -0.2) is 9.37 Å². The number of hydrogen-bond acceptors (Lipinski definition) is 4. The number of aromatic nitrogens is 2. The van der Waals surface area contributed by atoms with E-state index in [0.29, 0.717) is 11.6 Å². The van der Waals surface area contributed by atoms with Gasteiger partial charge in [-0.3, -0.25) is 4.98 Å². The molecule has 4 nitrogen and oxygen atoms in total. The Kier molecular flexibility index (Phi) is 4.20. The number of anilines is 2. The summed E-state index contributed by atoms with van der Waals surface area (Å²) in [7, 11) is 0. The van der Waals surface area contributed by atoms with Crippen molar-refractivity contribution in [2.45, 2.75) is 5.88 Å². The maximum atomic E-state index is 13.8. The monoisotopic (exact) mass is 306 g/mol. The minimum Gasteiger partial charge on any atom is -0.366 e. The molecule has 6 heteroatoms. The van der Waals surface area contributed by atoms with E-state index >= 15 is 0 Å². The van der Waals surface area contributed by atoms with Crippen LogP contribution in [0.4, 0.5) is 15.9 Å². The van der Waals surface area contributed by atoms with E-state index in [1.165, 1.54) is 6.07 Å². The molecule has 1 aliphatic heterocycles. The molecule has 1 aliphatic rings. The molecule has 1 saturated heterocycles. The summed E-state index contributed by atoms with van der Waals surface area (Å²) in [5, 5.41) is 0. The van der Waals surface area contributed by atoms with Crippen molar-refractivity contribution in [2.75, 3.05) is 36.0 Å². The highest BCUT2D eigenvalue weighted by Crippen LogP contribution is 2.21. The Bertz CT molecular complexity index is 614. The molecule has 0 saturated carbocycles. The average molecular weight is 307 g/mol. The summed E-state index contributed by atoms with van der Waals surface area (Å²) in [5.74, 6) is 1.02. The number of halogens is 2. The molecule has 110 valence electrons. The molecule has 1 aromatic heterocycles. The van der Waals surface area contributed by atoms with Crippen LogP contribution in [0.1, 0.15) is 5.69 Å². The van der Waals surface area contributed by atoms with Crippen LogP contribution >= 0.6 is 11.6 Å². The second-order valence-corrected chi connectivity index (χ2v) is 5.20. The van der Waals surface area contributed by atoms with Gasteiger partial charge in [0.2, 0.25) is 0 Å². The van der Waals surface area contributed by atoms with Gasteiger partial charge in [0, 0.05) is 32.4 Å².